The zero-order valence-corrected chi connectivity index (χ0v) is 16.0. The van der Waals surface area contributed by atoms with Gasteiger partial charge in [-0.25, -0.2) is 0 Å². The lowest BCUT2D eigenvalue weighted by molar-refractivity contribution is -0.124. The van der Waals surface area contributed by atoms with Gasteiger partial charge in [0.2, 0.25) is 5.91 Å². The van der Waals surface area contributed by atoms with Gasteiger partial charge in [0.25, 0.3) is 5.91 Å². The Bertz CT molecular complexity index is 593. The number of rotatable bonds is 7. The third-order valence-electron chi connectivity index (χ3n) is 4.78. The van der Waals surface area contributed by atoms with E-state index >= 15 is 0 Å². The number of carbonyl (C=O) groups excluding carboxylic acids is 2. The molecule has 1 saturated carbocycles. The summed E-state index contributed by atoms with van der Waals surface area (Å²) in [7, 11) is 0. The van der Waals surface area contributed by atoms with Crippen molar-refractivity contribution in [1.29, 1.82) is 0 Å². The second-order valence-corrected chi connectivity index (χ2v) is 7.27. The van der Waals surface area contributed by atoms with E-state index in [0.29, 0.717) is 12.2 Å². The summed E-state index contributed by atoms with van der Waals surface area (Å²) in [6, 6.07) is 6.75. The Hall–Kier alpha value is -2.08. The monoisotopic (exact) mass is 361 g/mol. The molecule has 0 aromatic heterocycles. The van der Waals surface area contributed by atoms with Crippen LogP contribution in [0.5, 0.6) is 5.75 Å². The lowest BCUT2D eigenvalue weighted by Gasteiger charge is -2.29. The summed E-state index contributed by atoms with van der Waals surface area (Å²) in [5.41, 5.74) is 6.43. The van der Waals surface area contributed by atoms with Crippen LogP contribution in [0.2, 0.25) is 0 Å². The highest BCUT2D eigenvalue weighted by Gasteiger charge is 2.28. The number of hydrogen-bond acceptors (Lipinski definition) is 4. The number of benzene rings is 1. The fraction of sp³-hybridized carbons (Fsp3) is 0.600. The van der Waals surface area contributed by atoms with Crippen LogP contribution in [0.15, 0.2) is 24.3 Å². The third kappa shape index (κ3) is 5.73. The molecule has 1 unspecified atom stereocenters. The van der Waals surface area contributed by atoms with Crippen molar-refractivity contribution >= 4 is 11.8 Å². The molecule has 0 heterocycles. The van der Waals surface area contributed by atoms with Gasteiger partial charge in [-0.05, 0) is 62.8 Å². The lowest BCUT2D eigenvalue weighted by Crippen LogP contribution is -2.53. The molecule has 6 nitrogen and oxygen atoms in total. The van der Waals surface area contributed by atoms with Crippen molar-refractivity contribution in [2.75, 3.05) is 6.61 Å². The van der Waals surface area contributed by atoms with E-state index in [1.165, 1.54) is 0 Å². The first-order valence-electron chi connectivity index (χ1n) is 9.50. The number of amides is 2. The van der Waals surface area contributed by atoms with Crippen molar-refractivity contribution in [3.8, 4) is 5.75 Å². The second-order valence-electron chi connectivity index (χ2n) is 7.27. The van der Waals surface area contributed by atoms with E-state index in [1.807, 2.05) is 20.8 Å². The smallest absolute Gasteiger partial charge is 0.251 e. The Morgan fingerprint density at radius 1 is 1.15 bits per heavy atom. The van der Waals surface area contributed by atoms with Gasteiger partial charge in [0.15, 0.2) is 0 Å². The Kier molecular flexibility index (Phi) is 7.45. The molecule has 1 aliphatic carbocycles. The molecule has 0 saturated heterocycles. The molecule has 6 heteroatoms. The van der Waals surface area contributed by atoms with Crippen LogP contribution in [-0.2, 0) is 4.79 Å². The molecule has 2 rings (SSSR count). The van der Waals surface area contributed by atoms with Crippen LogP contribution in [0.1, 0.15) is 56.8 Å². The van der Waals surface area contributed by atoms with Gasteiger partial charge in [-0.3, -0.25) is 9.59 Å². The molecule has 26 heavy (non-hydrogen) atoms. The maximum atomic E-state index is 12.7. The van der Waals surface area contributed by atoms with Gasteiger partial charge < -0.3 is 21.1 Å². The first kappa shape index (κ1) is 20.2. The highest BCUT2D eigenvalue weighted by Crippen LogP contribution is 2.18. The van der Waals surface area contributed by atoms with Crippen molar-refractivity contribution < 1.29 is 14.3 Å². The van der Waals surface area contributed by atoms with Crippen LogP contribution in [0.3, 0.4) is 0 Å². The average molecular weight is 361 g/mol. The van der Waals surface area contributed by atoms with Gasteiger partial charge in [0, 0.05) is 17.6 Å². The van der Waals surface area contributed by atoms with Crippen LogP contribution < -0.4 is 21.1 Å². The highest BCUT2D eigenvalue weighted by molar-refractivity contribution is 5.97. The SMILES string of the molecule is CCOc1ccc(C(=O)NC(C(=O)NC2CCC(N)CC2)C(C)C)cc1. The van der Waals surface area contributed by atoms with Crippen LogP contribution in [0.25, 0.3) is 0 Å². The Morgan fingerprint density at radius 3 is 2.31 bits per heavy atom. The molecule has 1 aliphatic rings. The van der Waals surface area contributed by atoms with Crippen LogP contribution in [-0.4, -0.2) is 36.5 Å². The molecule has 2 amide bonds. The van der Waals surface area contributed by atoms with E-state index in [9.17, 15) is 9.59 Å². The molecular formula is C20H31N3O3. The zero-order valence-electron chi connectivity index (χ0n) is 16.0. The molecule has 1 aromatic rings. The standard InChI is InChI=1S/C20H31N3O3/c1-4-26-17-11-5-14(6-12-17)19(24)23-18(13(2)3)20(25)22-16-9-7-15(21)8-10-16/h5-6,11-13,15-16,18H,4,7-10,21H2,1-3H3,(H,22,25)(H,23,24). The average Bonchev–Trinajstić information content (AvgIpc) is 2.62. The molecule has 1 atom stereocenters. The number of hydrogen-bond donors (Lipinski definition) is 3. The molecule has 0 spiro atoms. The molecule has 1 fully saturated rings. The lowest BCUT2D eigenvalue weighted by atomic mass is 9.91. The summed E-state index contributed by atoms with van der Waals surface area (Å²) in [5.74, 6) is 0.331. The Balaban J connectivity index is 1.95. The molecule has 0 bridgehead atoms. The fourth-order valence-electron chi connectivity index (χ4n) is 3.18. The molecule has 0 radical (unpaired) electrons. The van der Waals surface area contributed by atoms with Crippen molar-refractivity contribution in [1.82, 2.24) is 10.6 Å². The zero-order chi connectivity index (χ0) is 19.1. The van der Waals surface area contributed by atoms with Gasteiger partial charge in [0.05, 0.1) is 6.61 Å². The topological polar surface area (TPSA) is 93.4 Å². The summed E-state index contributed by atoms with van der Waals surface area (Å²) in [5, 5.41) is 5.94. The first-order chi connectivity index (χ1) is 12.4. The first-order valence-corrected chi connectivity index (χ1v) is 9.50. The summed E-state index contributed by atoms with van der Waals surface area (Å²) >= 11 is 0. The second kappa shape index (κ2) is 9.57. The van der Waals surface area contributed by atoms with E-state index in [1.54, 1.807) is 24.3 Å². The highest BCUT2D eigenvalue weighted by atomic mass is 16.5. The maximum Gasteiger partial charge on any atom is 0.251 e. The van der Waals surface area contributed by atoms with Gasteiger partial charge in [-0.15, -0.1) is 0 Å². The van der Waals surface area contributed by atoms with Crippen LogP contribution in [0, 0.1) is 5.92 Å². The predicted octanol–water partition coefficient (Wildman–Crippen LogP) is 2.23. The van der Waals surface area contributed by atoms with Crippen molar-refractivity contribution in [3.05, 3.63) is 29.8 Å². The minimum atomic E-state index is -0.565. The summed E-state index contributed by atoms with van der Waals surface area (Å²) < 4.78 is 5.39. The normalized spacial score (nSPS) is 21.1. The largest absolute Gasteiger partial charge is 0.494 e. The number of nitrogens with one attached hydrogen (secondary N) is 2. The Labute approximate surface area is 155 Å². The summed E-state index contributed by atoms with van der Waals surface area (Å²) in [6.07, 6.45) is 3.64. The number of ether oxygens (including phenoxy) is 1. The minimum Gasteiger partial charge on any atom is -0.494 e. The van der Waals surface area contributed by atoms with Crippen molar-refractivity contribution in [3.63, 3.8) is 0 Å². The predicted molar refractivity (Wildman–Crippen MR) is 102 cm³/mol. The number of nitrogens with two attached hydrogens (primary N) is 1. The minimum absolute atomic E-state index is 0.00695. The third-order valence-corrected chi connectivity index (χ3v) is 4.78. The van der Waals surface area contributed by atoms with E-state index in [-0.39, 0.29) is 29.8 Å². The van der Waals surface area contributed by atoms with Crippen LogP contribution in [0.4, 0.5) is 0 Å². The van der Waals surface area contributed by atoms with Crippen molar-refractivity contribution in [2.24, 2.45) is 11.7 Å². The van der Waals surface area contributed by atoms with Gasteiger partial charge in [0.1, 0.15) is 11.8 Å². The molecular weight excluding hydrogens is 330 g/mol. The quantitative estimate of drug-likeness (QED) is 0.694. The van der Waals surface area contributed by atoms with E-state index in [0.717, 1.165) is 31.4 Å². The van der Waals surface area contributed by atoms with Gasteiger partial charge in [-0.2, -0.15) is 0 Å². The molecule has 144 valence electrons. The summed E-state index contributed by atoms with van der Waals surface area (Å²) in [6.45, 7) is 6.35. The summed E-state index contributed by atoms with van der Waals surface area (Å²) in [4.78, 5) is 25.2. The molecule has 1 aromatic carbocycles. The molecule has 0 aliphatic heterocycles. The fourth-order valence-corrected chi connectivity index (χ4v) is 3.18. The maximum absolute atomic E-state index is 12.7. The number of carbonyl (C=O) groups is 2. The van der Waals surface area contributed by atoms with Gasteiger partial charge >= 0.3 is 0 Å². The van der Waals surface area contributed by atoms with Crippen molar-refractivity contribution in [2.45, 2.75) is 64.6 Å². The van der Waals surface area contributed by atoms with Gasteiger partial charge in [-0.1, -0.05) is 13.8 Å². The van der Waals surface area contributed by atoms with Crippen LogP contribution >= 0.6 is 0 Å². The van der Waals surface area contributed by atoms with E-state index < -0.39 is 6.04 Å². The van der Waals surface area contributed by atoms with E-state index in [4.69, 9.17) is 10.5 Å². The molecule has 4 N–H and O–H groups in total. The Morgan fingerprint density at radius 2 is 1.77 bits per heavy atom. The van der Waals surface area contributed by atoms with E-state index in [2.05, 4.69) is 10.6 Å².